The van der Waals surface area contributed by atoms with Gasteiger partial charge in [0.2, 0.25) is 0 Å². The Morgan fingerprint density at radius 1 is 1.48 bits per heavy atom. The van der Waals surface area contributed by atoms with Crippen LogP contribution >= 0.6 is 11.6 Å². The van der Waals surface area contributed by atoms with Gasteiger partial charge in [-0.05, 0) is 31.2 Å². The molecule has 21 heavy (non-hydrogen) atoms. The van der Waals surface area contributed by atoms with E-state index in [1.165, 1.54) is 25.7 Å². The Bertz CT molecular complexity index is 435. The van der Waals surface area contributed by atoms with Gasteiger partial charge in [-0.15, -0.1) is 0 Å². The SMILES string of the molecule is CCNC(c1c(Cl)cnn1CCOC)C1CCC(CC)C1. The van der Waals surface area contributed by atoms with Crippen molar-refractivity contribution in [3.05, 3.63) is 16.9 Å². The van der Waals surface area contributed by atoms with E-state index in [4.69, 9.17) is 16.3 Å². The molecule has 3 atom stereocenters. The number of nitrogens with zero attached hydrogens (tertiary/aromatic N) is 2. The van der Waals surface area contributed by atoms with Gasteiger partial charge in [0.25, 0.3) is 0 Å². The monoisotopic (exact) mass is 313 g/mol. The van der Waals surface area contributed by atoms with Gasteiger partial charge < -0.3 is 10.1 Å². The summed E-state index contributed by atoms with van der Waals surface area (Å²) in [6.45, 7) is 6.81. The molecule has 2 rings (SSSR count). The molecule has 120 valence electrons. The van der Waals surface area contributed by atoms with E-state index in [0.29, 0.717) is 18.6 Å². The second-order valence-corrected chi connectivity index (χ2v) is 6.38. The fourth-order valence-electron chi connectivity index (χ4n) is 3.53. The van der Waals surface area contributed by atoms with Crippen molar-refractivity contribution in [2.75, 3.05) is 20.3 Å². The van der Waals surface area contributed by atoms with Crippen molar-refractivity contribution < 1.29 is 4.74 Å². The van der Waals surface area contributed by atoms with E-state index in [0.717, 1.165) is 29.7 Å². The molecule has 1 aliphatic carbocycles. The minimum atomic E-state index is 0.304. The van der Waals surface area contributed by atoms with Gasteiger partial charge in [-0.25, -0.2) is 0 Å². The van der Waals surface area contributed by atoms with Crippen molar-refractivity contribution >= 4 is 11.6 Å². The molecule has 0 amide bonds. The van der Waals surface area contributed by atoms with Crippen LogP contribution in [-0.4, -0.2) is 30.0 Å². The second kappa shape index (κ2) is 8.16. The molecule has 1 aromatic heterocycles. The number of ether oxygens (including phenoxy) is 1. The quantitative estimate of drug-likeness (QED) is 0.796. The first-order valence-corrected chi connectivity index (χ1v) is 8.52. The molecule has 3 unspecified atom stereocenters. The maximum atomic E-state index is 6.44. The van der Waals surface area contributed by atoms with Crippen molar-refractivity contribution in [2.24, 2.45) is 11.8 Å². The van der Waals surface area contributed by atoms with Crippen LogP contribution in [0, 0.1) is 11.8 Å². The molecule has 0 spiro atoms. The number of hydrogen-bond acceptors (Lipinski definition) is 3. The molecule has 0 aliphatic heterocycles. The smallest absolute Gasteiger partial charge is 0.0834 e. The zero-order valence-electron chi connectivity index (χ0n) is 13.4. The van der Waals surface area contributed by atoms with Crippen LogP contribution in [0.1, 0.15) is 51.3 Å². The van der Waals surface area contributed by atoms with Crippen LogP contribution in [0.15, 0.2) is 6.20 Å². The molecule has 1 aromatic rings. The Labute approximate surface area is 133 Å². The summed E-state index contributed by atoms with van der Waals surface area (Å²) in [5, 5.41) is 8.85. The summed E-state index contributed by atoms with van der Waals surface area (Å²) in [5.74, 6) is 1.52. The zero-order valence-corrected chi connectivity index (χ0v) is 14.2. The van der Waals surface area contributed by atoms with Gasteiger partial charge in [-0.3, -0.25) is 4.68 Å². The molecule has 0 radical (unpaired) electrons. The first-order valence-electron chi connectivity index (χ1n) is 8.14. The number of hydrogen-bond donors (Lipinski definition) is 1. The summed E-state index contributed by atoms with van der Waals surface area (Å²) in [5.41, 5.74) is 1.14. The summed E-state index contributed by atoms with van der Waals surface area (Å²) < 4.78 is 7.20. The first kappa shape index (κ1) is 16.8. The Morgan fingerprint density at radius 2 is 2.29 bits per heavy atom. The van der Waals surface area contributed by atoms with E-state index < -0.39 is 0 Å². The van der Waals surface area contributed by atoms with Crippen LogP contribution in [0.25, 0.3) is 0 Å². The minimum absolute atomic E-state index is 0.304. The van der Waals surface area contributed by atoms with Crippen LogP contribution in [-0.2, 0) is 11.3 Å². The summed E-state index contributed by atoms with van der Waals surface area (Å²) in [4.78, 5) is 0. The maximum absolute atomic E-state index is 6.44. The molecule has 0 saturated heterocycles. The molecule has 1 aliphatic rings. The fraction of sp³-hybridized carbons (Fsp3) is 0.812. The topological polar surface area (TPSA) is 39.1 Å². The third-order valence-electron chi connectivity index (χ3n) is 4.69. The van der Waals surface area contributed by atoms with E-state index in [2.05, 4.69) is 24.3 Å². The van der Waals surface area contributed by atoms with Gasteiger partial charge in [-0.2, -0.15) is 5.10 Å². The van der Waals surface area contributed by atoms with Gasteiger partial charge in [0.05, 0.1) is 36.1 Å². The summed E-state index contributed by atoms with van der Waals surface area (Å²) in [6, 6.07) is 0.304. The number of methoxy groups -OCH3 is 1. The maximum Gasteiger partial charge on any atom is 0.0834 e. The lowest BCUT2D eigenvalue weighted by Gasteiger charge is -2.26. The Balaban J connectivity index is 2.19. The molecular formula is C16H28ClN3O. The predicted molar refractivity (Wildman–Crippen MR) is 86.7 cm³/mol. The minimum Gasteiger partial charge on any atom is -0.383 e. The Kier molecular flexibility index (Phi) is 6.52. The fourth-order valence-corrected chi connectivity index (χ4v) is 3.79. The van der Waals surface area contributed by atoms with Crippen LogP contribution in [0.5, 0.6) is 0 Å². The highest BCUT2D eigenvalue weighted by molar-refractivity contribution is 6.31. The Morgan fingerprint density at radius 3 is 2.90 bits per heavy atom. The van der Waals surface area contributed by atoms with Crippen molar-refractivity contribution in [1.82, 2.24) is 15.1 Å². The highest BCUT2D eigenvalue weighted by Gasteiger charge is 2.33. The standard InChI is InChI=1S/C16H28ClN3O/c1-4-12-6-7-13(10-12)15(18-5-2)16-14(17)11-19-20(16)8-9-21-3/h11-13,15,18H,4-10H2,1-3H3. The molecule has 1 fully saturated rings. The first-order chi connectivity index (χ1) is 10.2. The molecule has 4 nitrogen and oxygen atoms in total. The average Bonchev–Trinajstić information content (AvgIpc) is 3.10. The van der Waals surface area contributed by atoms with Crippen LogP contribution in [0.3, 0.4) is 0 Å². The molecule has 1 heterocycles. The number of aromatic nitrogens is 2. The average molecular weight is 314 g/mol. The largest absolute Gasteiger partial charge is 0.383 e. The van der Waals surface area contributed by atoms with Crippen molar-refractivity contribution in [2.45, 2.75) is 52.1 Å². The van der Waals surface area contributed by atoms with E-state index in [-0.39, 0.29) is 0 Å². The van der Waals surface area contributed by atoms with Gasteiger partial charge >= 0.3 is 0 Å². The van der Waals surface area contributed by atoms with Crippen molar-refractivity contribution in [3.63, 3.8) is 0 Å². The number of nitrogens with one attached hydrogen (secondary N) is 1. The third-order valence-corrected chi connectivity index (χ3v) is 4.98. The van der Waals surface area contributed by atoms with Crippen molar-refractivity contribution in [3.8, 4) is 0 Å². The summed E-state index contributed by atoms with van der Waals surface area (Å²) in [7, 11) is 1.72. The Hall–Kier alpha value is -0.580. The lowest BCUT2D eigenvalue weighted by Crippen LogP contribution is -2.30. The summed E-state index contributed by atoms with van der Waals surface area (Å²) in [6.07, 6.45) is 6.96. The molecule has 1 N–H and O–H groups in total. The lowest BCUT2D eigenvalue weighted by molar-refractivity contribution is 0.180. The van der Waals surface area contributed by atoms with Crippen LogP contribution in [0.2, 0.25) is 5.02 Å². The molecule has 0 aromatic carbocycles. The van der Waals surface area contributed by atoms with Gasteiger partial charge in [0.15, 0.2) is 0 Å². The third kappa shape index (κ3) is 3.99. The predicted octanol–water partition coefficient (Wildman–Crippen LogP) is 3.66. The van der Waals surface area contributed by atoms with Crippen LogP contribution < -0.4 is 5.32 Å². The highest BCUT2D eigenvalue weighted by Crippen LogP contribution is 2.41. The molecule has 1 saturated carbocycles. The number of halogens is 1. The van der Waals surface area contributed by atoms with E-state index in [1.807, 2.05) is 4.68 Å². The normalized spacial score (nSPS) is 23.6. The molecular weight excluding hydrogens is 286 g/mol. The summed E-state index contributed by atoms with van der Waals surface area (Å²) >= 11 is 6.44. The zero-order chi connectivity index (χ0) is 15.2. The van der Waals surface area contributed by atoms with Gasteiger partial charge in [0, 0.05) is 7.11 Å². The van der Waals surface area contributed by atoms with Gasteiger partial charge in [0.1, 0.15) is 0 Å². The number of rotatable bonds is 8. The van der Waals surface area contributed by atoms with Crippen LogP contribution in [0.4, 0.5) is 0 Å². The van der Waals surface area contributed by atoms with Gasteiger partial charge in [-0.1, -0.05) is 38.3 Å². The highest BCUT2D eigenvalue weighted by atomic mass is 35.5. The molecule has 5 heteroatoms. The molecule has 0 bridgehead atoms. The van der Waals surface area contributed by atoms with Crippen molar-refractivity contribution in [1.29, 1.82) is 0 Å². The van der Waals surface area contributed by atoms with E-state index in [1.54, 1.807) is 13.3 Å². The lowest BCUT2D eigenvalue weighted by atomic mass is 9.93. The second-order valence-electron chi connectivity index (χ2n) is 5.98. The van der Waals surface area contributed by atoms with E-state index in [9.17, 15) is 0 Å². The van der Waals surface area contributed by atoms with E-state index >= 15 is 0 Å².